The number of benzene rings is 8. The molecule has 5 heteroatoms. The molecule has 0 bridgehead atoms. The van der Waals surface area contributed by atoms with Gasteiger partial charge >= 0.3 is 0 Å². The number of hydrogen-bond donors (Lipinski definition) is 0. The molecule has 73 heavy (non-hydrogen) atoms. The van der Waals surface area contributed by atoms with Gasteiger partial charge in [0.2, 0.25) is 0 Å². The zero-order chi connectivity index (χ0) is 59.4. The van der Waals surface area contributed by atoms with E-state index in [9.17, 15) is 0 Å². The maximum Gasteiger partial charge on any atom is 0.269 e. The quantitative estimate of drug-likeness (QED) is 0.107. The molecule has 8 aromatic carbocycles. The molecule has 0 saturated heterocycles. The average molecular weight is 961 g/mol. The van der Waals surface area contributed by atoms with E-state index in [1.165, 1.54) is 11.1 Å². The Bertz CT molecular complexity index is 4250. The van der Waals surface area contributed by atoms with E-state index in [0.29, 0.717) is 28.4 Å². The van der Waals surface area contributed by atoms with Crippen molar-refractivity contribution in [1.82, 2.24) is 14.1 Å². The summed E-state index contributed by atoms with van der Waals surface area (Å²) in [7, 11) is 0. The molecule has 0 radical (unpaired) electrons. The Morgan fingerprint density at radius 2 is 1.12 bits per heavy atom. The minimum absolute atomic E-state index is 0.0557. The molecule has 3 heterocycles. The van der Waals surface area contributed by atoms with Crippen molar-refractivity contribution in [3.05, 3.63) is 235 Å². The predicted molar refractivity (Wildman–Crippen MR) is 303 cm³/mol. The minimum Gasteiger partial charge on any atom is -0.458 e. The predicted octanol–water partition coefficient (Wildman–Crippen LogP) is 17.4. The Kier molecular flexibility index (Phi) is 9.23. The molecule has 0 atom stereocenters. The molecule has 360 valence electrons. The summed E-state index contributed by atoms with van der Waals surface area (Å²) in [6.45, 7) is 20.1. The Morgan fingerprint density at radius 1 is 0.493 bits per heavy atom. The van der Waals surface area contributed by atoms with Crippen LogP contribution in [0.25, 0.3) is 83.6 Å². The second kappa shape index (κ2) is 18.4. The van der Waals surface area contributed by atoms with Gasteiger partial charge in [-0.1, -0.05) is 202 Å². The Balaban J connectivity index is 1.08. The highest BCUT2D eigenvalue weighted by atomic mass is 16.5. The fourth-order valence-electron chi connectivity index (χ4n) is 9.43. The monoisotopic (exact) mass is 961 g/mol. The number of para-hydroxylation sites is 1. The van der Waals surface area contributed by atoms with Crippen LogP contribution in [0.2, 0.25) is 0 Å². The number of rotatable bonds is 9. The maximum absolute atomic E-state index is 9.13. The maximum atomic E-state index is 9.13. The van der Waals surface area contributed by atoms with Crippen LogP contribution in [0.5, 0.6) is 11.5 Å². The molecular formula is C68H62N4O. The van der Waals surface area contributed by atoms with E-state index in [0.717, 1.165) is 44.3 Å². The van der Waals surface area contributed by atoms with Crippen LogP contribution >= 0.6 is 0 Å². The van der Waals surface area contributed by atoms with Crippen molar-refractivity contribution in [3.63, 3.8) is 0 Å². The van der Waals surface area contributed by atoms with Gasteiger partial charge in [0.1, 0.15) is 17.3 Å². The number of imidazole rings is 1. The van der Waals surface area contributed by atoms with Crippen LogP contribution in [0.3, 0.4) is 0 Å². The normalized spacial score (nSPS) is 14.1. The molecule has 0 aliphatic rings. The number of fused-ring (bicyclic) bond motifs is 3. The Morgan fingerprint density at radius 3 is 1.77 bits per heavy atom. The van der Waals surface area contributed by atoms with Crippen molar-refractivity contribution in [2.75, 3.05) is 0 Å². The van der Waals surface area contributed by atoms with E-state index in [-0.39, 0.29) is 44.2 Å². The smallest absolute Gasteiger partial charge is 0.269 e. The molecule has 0 unspecified atom stereocenters. The molecule has 0 spiro atoms. The van der Waals surface area contributed by atoms with Gasteiger partial charge < -0.3 is 4.74 Å². The standard InChI is InChI=1S/C68H62N4O/c1-66(2,3)51-35-36-69-64(41-51)72-61-34-31-49(50-37-52(67(4,5)6)40-53(38-50)68(7,8)9)39-60(61)59-33-32-56(43-62(59)72)73-55-28-19-27-54(42-55)70-44-63(48-25-17-12-18-26-48)71(45-70)65-57(46-21-13-10-14-22-46)29-20-30-58(65)47-23-15-11-16-24-47/h10-44H,1-9H3/i10D,11D,13D,14D,15D,16D,21D,22D,23D,24D. The highest BCUT2D eigenvalue weighted by molar-refractivity contribution is 6.10. The van der Waals surface area contributed by atoms with E-state index in [2.05, 4.69) is 128 Å². The lowest BCUT2D eigenvalue weighted by Crippen LogP contribution is -2.33. The highest BCUT2D eigenvalue weighted by Crippen LogP contribution is 2.41. The highest BCUT2D eigenvalue weighted by Gasteiger charge is 2.24. The summed E-state index contributed by atoms with van der Waals surface area (Å²) in [5, 5.41) is 2.10. The third-order valence-corrected chi connectivity index (χ3v) is 13.5. The molecule has 0 aliphatic carbocycles. The lowest BCUT2D eigenvalue weighted by Gasteiger charge is -2.26. The zero-order valence-electron chi connectivity index (χ0n) is 52.6. The fourth-order valence-corrected chi connectivity index (χ4v) is 9.43. The number of ether oxygens (including phenoxy) is 1. The second-order valence-corrected chi connectivity index (χ2v) is 21.7. The molecule has 0 N–H and O–H groups in total. The van der Waals surface area contributed by atoms with Gasteiger partial charge in [0.25, 0.3) is 6.33 Å². The first kappa shape index (κ1) is 36.6. The summed E-state index contributed by atoms with van der Waals surface area (Å²) in [6, 6.07) is 40.4. The summed E-state index contributed by atoms with van der Waals surface area (Å²) in [6.07, 6.45) is 7.16. The number of pyridine rings is 1. The Hall–Kier alpha value is -8.28. The minimum atomic E-state index is -0.573. The van der Waals surface area contributed by atoms with Crippen LogP contribution in [0, 0.1) is 6.33 Å². The van der Waals surface area contributed by atoms with Crippen LogP contribution in [0.1, 0.15) is 92.7 Å². The van der Waals surface area contributed by atoms with E-state index >= 15 is 0 Å². The third kappa shape index (κ3) is 9.28. The third-order valence-electron chi connectivity index (χ3n) is 13.5. The van der Waals surface area contributed by atoms with E-state index in [4.69, 9.17) is 23.4 Å². The summed E-state index contributed by atoms with van der Waals surface area (Å²) in [5.41, 5.74) is 9.64. The van der Waals surface area contributed by atoms with Gasteiger partial charge in [0, 0.05) is 29.2 Å². The topological polar surface area (TPSA) is 35.9 Å². The van der Waals surface area contributed by atoms with Gasteiger partial charge in [-0.2, -0.15) is 0 Å². The Labute approximate surface area is 444 Å². The molecule has 0 aliphatic heterocycles. The molecule has 11 rings (SSSR count). The molecule has 11 aromatic rings. The van der Waals surface area contributed by atoms with Crippen molar-refractivity contribution in [3.8, 4) is 73.3 Å². The number of nitrogens with zero attached hydrogens (tertiary/aromatic N) is 4. The van der Waals surface area contributed by atoms with Gasteiger partial charge in [-0.15, -0.1) is 0 Å². The number of hydrogen-bond acceptors (Lipinski definition) is 2. The largest absolute Gasteiger partial charge is 0.458 e. The van der Waals surface area contributed by atoms with Crippen LogP contribution < -0.4 is 9.30 Å². The van der Waals surface area contributed by atoms with Crippen LogP contribution in [0.4, 0.5) is 0 Å². The SMILES string of the molecule is [2H]c1c([2H])c([2H])c(-c2cccc(-c3c([2H])c([2H])c([2H])c([2H])c3[2H])c2-[n+]2[c-]n(-c3cccc(Oc4ccc5c6cc(-c7cc(C(C)(C)C)cc(C(C)(C)C)c7)ccc6n(-c6cc(C(C)(C)C)ccn6)c5c4)c3)cc2-c2ccccc2)c([2H])c1[2H]. The van der Waals surface area contributed by atoms with Crippen molar-refractivity contribution >= 4 is 21.8 Å². The lowest BCUT2D eigenvalue weighted by molar-refractivity contribution is -0.586. The summed E-state index contributed by atoms with van der Waals surface area (Å²) in [4.78, 5) is 4.98. The van der Waals surface area contributed by atoms with Gasteiger partial charge in [-0.05, 0) is 126 Å². The van der Waals surface area contributed by atoms with E-state index in [1.807, 2.05) is 79.1 Å². The van der Waals surface area contributed by atoms with Gasteiger partial charge in [0.15, 0.2) is 0 Å². The van der Waals surface area contributed by atoms with E-state index in [1.54, 1.807) is 27.3 Å². The van der Waals surface area contributed by atoms with Gasteiger partial charge in [0.05, 0.1) is 41.8 Å². The first-order valence-electron chi connectivity index (χ1n) is 29.6. The molecule has 3 aromatic heterocycles. The van der Waals surface area contributed by atoms with Crippen molar-refractivity contribution in [1.29, 1.82) is 0 Å². The first-order valence-corrected chi connectivity index (χ1v) is 24.6. The van der Waals surface area contributed by atoms with Crippen molar-refractivity contribution in [2.24, 2.45) is 0 Å². The second-order valence-electron chi connectivity index (χ2n) is 21.7. The summed E-state index contributed by atoms with van der Waals surface area (Å²) in [5.74, 6) is 1.86. The fraction of sp³-hybridized carbons (Fsp3) is 0.176. The summed E-state index contributed by atoms with van der Waals surface area (Å²) < 4.78 is 100. The van der Waals surface area contributed by atoms with Crippen LogP contribution in [-0.4, -0.2) is 14.1 Å². The lowest BCUT2D eigenvalue weighted by atomic mass is 9.79. The molecule has 0 saturated carbocycles. The first-order chi connectivity index (χ1) is 39.2. The van der Waals surface area contributed by atoms with Crippen molar-refractivity contribution < 1.29 is 23.0 Å². The van der Waals surface area contributed by atoms with Crippen LogP contribution in [0.15, 0.2) is 212 Å². The number of aromatic nitrogens is 4. The van der Waals surface area contributed by atoms with Crippen LogP contribution in [-0.2, 0) is 16.2 Å². The average Bonchev–Trinajstić information content (AvgIpc) is 2.05. The zero-order valence-corrected chi connectivity index (χ0v) is 42.6. The van der Waals surface area contributed by atoms with Crippen molar-refractivity contribution in [2.45, 2.75) is 78.6 Å². The van der Waals surface area contributed by atoms with E-state index < -0.39 is 60.4 Å². The van der Waals surface area contributed by atoms with Gasteiger partial charge in [-0.25, -0.2) is 4.98 Å². The molecular weight excluding hydrogens is 889 g/mol. The van der Waals surface area contributed by atoms with Gasteiger partial charge in [-0.3, -0.25) is 13.7 Å². The molecule has 0 amide bonds. The molecule has 0 fully saturated rings. The molecule has 5 nitrogen and oxygen atoms in total. The summed E-state index contributed by atoms with van der Waals surface area (Å²) >= 11 is 0.